The van der Waals surface area contributed by atoms with Crippen molar-refractivity contribution in [3.05, 3.63) is 29.8 Å². The molecule has 0 aliphatic carbocycles. The molecule has 6 nitrogen and oxygen atoms in total. The van der Waals surface area contributed by atoms with Crippen molar-refractivity contribution in [1.82, 2.24) is 5.32 Å². The highest BCUT2D eigenvalue weighted by Gasteiger charge is 2.26. The molecule has 0 radical (unpaired) electrons. The van der Waals surface area contributed by atoms with Gasteiger partial charge in [0.2, 0.25) is 5.91 Å². The maximum atomic E-state index is 11.8. The second-order valence-electron chi connectivity index (χ2n) is 6.27. The zero-order valence-corrected chi connectivity index (χ0v) is 13.8. The van der Waals surface area contributed by atoms with Crippen molar-refractivity contribution >= 4 is 17.7 Å². The van der Waals surface area contributed by atoms with E-state index in [9.17, 15) is 9.59 Å². The highest BCUT2D eigenvalue weighted by Crippen LogP contribution is 2.15. The van der Waals surface area contributed by atoms with Gasteiger partial charge in [0.25, 0.3) is 0 Å². The number of aryl methyl sites for hydroxylation is 1. The highest BCUT2D eigenvalue weighted by molar-refractivity contribution is 5.85. The van der Waals surface area contributed by atoms with Crippen LogP contribution in [0.15, 0.2) is 24.3 Å². The third kappa shape index (κ3) is 5.63. The van der Waals surface area contributed by atoms with Crippen LogP contribution in [0.1, 0.15) is 33.3 Å². The first-order valence-electron chi connectivity index (χ1n) is 7.21. The molecule has 2 atom stereocenters. The maximum absolute atomic E-state index is 11.8. The third-order valence-corrected chi connectivity index (χ3v) is 3.01. The molecule has 0 spiro atoms. The molecule has 2 unspecified atom stereocenters. The number of rotatable bonds is 5. The van der Waals surface area contributed by atoms with Gasteiger partial charge in [-0.05, 0) is 46.2 Å². The van der Waals surface area contributed by atoms with E-state index in [-0.39, 0.29) is 0 Å². The van der Waals surface area contributed by atoms with Crippen LogP contribution in [0.5, 0.6) is 0 Å². The van der Waals surface area contributed by atoms with Crippen LogP contribution in [-0.4, -0.2) is 29.7 Å². The summed E-state index contributed by atoms with van der Waals surface area (Å²) in [4.78, 5) is 23.5. The molecule has 0 aliphatic heterocycles. The van der Waals surface area contributed by atoms with Crippen LogP contribution in [0.4, 0.5) is 10.5 Å². The topological polar surface area (TPSA) is 93.5 Å². The predicted octanol–water partition coefficient (Wildman–Crippen LogP) is 2.17. The number of nitrogens with two attached hydrogens (primary N) is 1. The number of anilines is 1. The smallest absolute Gasteiger partial charge is 0.407 e. The lowest BCUT2D eigenvalue weighted by molar-refractivity contribution is -0.119. The summed E-state index contributed by atoms with van der Waals surface area (Å²) in [5.41, 5.74) is 6.62. The van der Waals surface area contributed by atoms with Gasteiger partial charge in [-0.1, -0.05) is 18.2 Å². The van der Waals surface area contributed by atoms with Gasteiger partial charge in [0.1, 0.15) is 11.6 Å². The lowest BCUT2D eigenvalue weighted by Crippen LogP contribution is -2.52. The van der Waals surface area contributed by atoms with E-state index < -0.39 is 29.7 Å². The van der Waals surface area contributed by atoms with Gasteiger partial charge in [0, 0.05) is 5.69 Å². The summed E-state index contributed by atoms with van der Waals surface area (Å²) in [5, 5.41) is 5.70. The van der Waals surface area contributed by atoms with Gasteiger partial charge < -0.3 is 21.1 Å². The minimum absolute atomic E-state index is 0.521. The zero-order chi connectivity index (χ0) is 16.9. The summed E-state index contributed by atoms with van der Waals surface area (Å²) in [5.74, 6) is -0.549. The first-order chi connectivity index (χ1) is 10.1. The highest BCUT2D eigenvalue weighted by atomic mass is 16.6. The molecule has 0 bridgehead atoms. The van der Waals surface area contributed by atoms with Crippen molar-refractivity contribution < 1.29 is 14.3 Å². The van der Waals surface area contributed by atoms with Crippen molar-refractivity contribution in [2.45, 2.75) is 52.3 Å². The van der Waals surface area contributed by atoms with Crippen molar-refractivity contribution in [1.29, 1.82) is 0 Å². The van der Waals surface area contributed by atoms with E-state index in [2.05, 4.69) is 10.6 Å². The molecule has 4 N–H and O–H groups in total. The molecule has 1 aromatic carbocycles. The fraction of sp³-hybridized carbons (Fsp3) is 0.500. The molecule has 1 aromatic rings. The first kappa shape index (κ1) is 17.8. The number of alkyl carbamates (subject to hydrolysis) is 1. The van der Waals surface area contributed by atoms with Gasteiger partial charge >= 0.3 is 6.09 Å². The lowest BCUT2D eigenvalue weighted by atomic mass is 10.1. The number of benzene rings is 1. The number of hydrogen-bond donors (Lipinski definition) is 3. The second kappa shape index (κ2) is 7.15. The predicted molar refractivity (Wildman–Crippen MR) is 86.6 cm³/mol. The van der Waals surface area contributed by atoms with E-state index in [0.29, 0.717) is 0 Å². The van der Waals surface area contributed by atoms with Crippen LogP contribution in [0.25, 0.3) is 0 Å². The first-order valence-corrected chi connectivity index (χ1v) is 7.21. The molecule has 0 aromatic heterocycles. The van der Waals surface area contributed by atoms with Gasteiger partial charge in [0.05, 0.1) is 6.04 Å². The summed E-state index contributed by atoms with van der Waals surface area (Å²) in [6.07, 6.45) is -0.585. The van der Waals surface area contributed by atoms with Crippen LogP contribution in [0.2, 0.25) is 0 Å². The minimum Gasteiger partial charge on any atom is -0.444 e. The monoisotopic (exact) mass is 307 g/mol. The standard InChI is InChI=1S/C16H25N3O3/c1-10-8-6-7-9-12(10)19-13(14(17)20)11(2)18-15(21)22-16(3,4)5/h6-9,11,13,19H,1-5H3,(H2,17,20)(H,18,21). The van der Waals surface area contributed by atoms with Gasteiger partial charge in [-0.3, -0.25) is 4.79 Å². The fourth-order valence-electron chi connectivity index (χ4n) is 1.92. The Bertz CT molecular complexity index is 538. The number of carbonyl (C=O) groups is 2. The average Bonchev–Trinajstić information content (AvgIpc) is 2.34. The van der Waals surface area contributed by atoms with Crippen molar-refractivity contribution in [2.24, 2.45) is 5.73 Å². The number of primary amides is 1. The summed E-state index contributed by atoms with van der Waals surface area (Å²) >= 11 is 0. The van der Waals surface area contributed by atoms with Gasteiger partial charge in [-0.15, -0.1) is 0 Å². The zero-order valence-electron chi connectivity index (χ0n) is 13.8. The number of para-hydroxylation sites is 1. The Labute approximate surface area is 131 Å². The van der Waals surface area contributed by atoms with E-state index in [0.717, 1.165) is 11.3 Å². The number of amides is 2. The minimum atomic E-state index is -0.742. The molecule has 6 heteroatoms. The van der Waals surface area contributed by atoms with Crippen molar-refractivity contribution in [3.8, 4) is 0 Å². The normalized spacial score (nSPS) is 13.9. The van der Waals surface area contributed by atoms with Gasteiger partial charge in [0.15, 0.2) is 0 Å². The van der Waals surface area contributed by atoms with Crippen LogP contribution in [0, 0.1) is 6.92 Å². The van der Waals surface area contributed by atoms with Crippen LogP contribution < -0.4 is 16.4 Å². The number of carbonyl (C=O) groups excluding carboxylic acids is 2. The molecule has 0 saturated heterocycles. The molecule has 122 valence electrons. The Morgan fingerprint density at radius 2 is 1.82 bits per heavy atom. The Kier molecular flexibility index (Phi) is 5.79. The summed E-state index contributed by atoms with van der Waals surface area (Å²) < 4.78 is 5.18. The Morgan fingerprint density at radius 1 is 1.23 bits per heavy atom. The van der Waals surface area contributed by atoms with E-state index in [4.69, 9.17) is 10.5 Å². The van der Waals surface area contributed by atoms with Crippen molar-refractivity contribution in [2.75, 3.05) is 5.32 Å². The lowest BCUT2D eigenvalue weighted by Gasteiger charge is -2.27. The SMILES string of the molecule is Cc1ccccc1NC(C(N)=O)C(C)NC(=O)OC(C)(C)C. The molecule has 22 heavy (non-hydrogen) atoms. The van der Waals surface area contributed by atoms with Gasteiger partial charge in [-0.2, -0.15) is 0 Å². The summed E-state index contributed by atoms with van der Waals surface area (Å²) in [6, 6.07) is 6.28. The molecule has 1 rings (SSSR count). The Balaban J connectivity index is 2.77. The largest absolute Gasteiger partial charge is 0.444 e. The molecule has 0 saturated carbocycles. The third-order valence-electron chi connectivity index (χ3n) is 3.01. The second-order valence-corrected chi connectivity index (χ2v) is 6.27. The molecule has 0 fully saturated rings. The van der Waals surface area contributed by atoms with E-state index in [1.807, 2.05) is 31.2 Å². The summed E-state index contributed by atoms with van der Waals surface area (Å²) in [7, 11) is 0. The molecule has 0 heterocycles. The fourth-order valence-corrected chi connectivity index (χ4v) is 1.92. The van der Waals surface area contributed by atoms with Crippen LogP contribution in [-0.2, 0) is 9.53 Å². The van der Waals surface area contributed by atoms with Crippen LogP contribution >= 0.6 is 0 Å². The number of nitrogens with one attached hydrogen (secondary N) is 2. The maximum Gasteiger partial charge on any atom is 0.407 e. The molecular formula is C16H25N3O3. The summed E-state index contributed by atoms with van der Waals surface area (Å²) in [6.45, 7) is 8.94. The van der Waals surface area contributed by atoms with E-state index in [1.54, 1.807) is 27.7 Å². The Hall–Kier alpha value is -2.24. The van der Waals surface area contributed by atoms with E-state index >= 15 is 0 Å². The van der Waals surface area contributed by atoms with Gasteiger partial charge in [-0.25, -0.2) is 4.79 Å². The molecule has 0 aliphatic rings. The van der Waals surface area contributed by atoms with E-state index in [1.165, 1.54) is 0 Å². The Morgan fingerprint density at radius 3 is 2.32 bits per heavy atom. The van der Waals surface area contributed by atoms with Crippen molar-refractivity contribution in [3.63, 3.8) is 0 Å². The molecule has 2 amide bonds. The number of hydrogen-bond acceptors (Lipinski definition) is 4. The average molecular weight is 307 g/mol. The number of ether oxygens (including phenoxy) is 1. The molecular weight excluding hydrogens is 282 g/mol. The quantitative estimate of drug-likeness (QED) is 0.777. The van der Waals surface area contributed by atoms with Crippen LogP contribution in [0.3, 0.4) is 0 Å².